The van der Waals surface area contributed by atoms with Crippen molar-refractivity contribution < 1.29 is 18.5 Å². The molecule has 5 heteroatoms. The molecule has 0 bridgehead atoms. The lowest BCUT2D eigenvalue weighted by atomic mass is 10.0. The Kier molecular flexibility index (Phi) is 18.2. The van der Waals surface area contributed by atoms with Crippen molar-refractivity contribution in [2.75, 3.05) is 13.2 Å². The fraction of sp³-hybridized carbons (Fsp3) is 0.889. The van der Waals surface area contributed by atoms with Crippen molar-refractivity contribution in [2.24, 2.45) is 11.8 Å². The number of hydrogen-bond donors (Lipinski definition) is 1. The first-order valence-electron chi connectivity index (χ1n) is 9.10. The summed E-state index contributed by atoms with van der Waals surface area (Å²) in [6, 6.07) is 0. The van der Waals surface area contributed by atoms with Crippen LogP contribution in [0, 0.1) is 11.8 Å². The van der Waals surface area contributed by atoms with Crippen molar-refractivity contribution in [3.8, 4) is 0 Å². The van der Waals surface area contributed by atoms with Gasteiger partial charge in [-0.15, -0.1) is 13.2 Å². The van der Waals surface area contributed by atoms with Crippen molar-refractivity contribution in [3.05, 3.63) is 13.2 Å². The minimum atomic E-state index is -3.89. The highest BCUT2D eigenvalue weighted by Crippen LogP contribution is 2.44. The van der Waals surface area contributed by atoms with Gasteiger partial charge in [0.25, 0.3) is 0 Å². The van der Waals surface area contributed by atoms with E-state index in [9.17, 15) is 9.46 Å². The molecule has 0 aliphatic rings. The molecule has 140 valence electrons. The van der Waals surface area contributed by atoms with E-state index < -0.39 is 7.82 Å². The van der Waals surface area contributed by atoms with Crippen molar-refractivity contribution in [1.29, 1.82) is 0 Å². The Hall–Kier alpha value is -0.150. The van der Waals surface area contributed by atoms with Crippen molar-refractivity contribution in [2.45, 2.75) is 79.1 Å². The SMILES string of the molecule is C=C.CCCCC(CC)COP(=O)(O)OCC(CC)CCCC. The van der Waals surface area contributed by atoms with Gasteiger partial charge in [-0.05, 0) is 24.7 Å². The van der Waals surface area contributed by atoms with Crippen LogP contribution in [0.2, 0.25) is 0 Å². The highest BCUT2D eigenvalue weighted by atomic mass is 31.2. The van der Waals surface area contributed by atoms with Crippen molar-refractivity contribution in [3.63, 3.8) is 0 Å². The van der Waals surface area contributed by atoms with E-state index in [0.29, 0.717) is 25.0 Å². The molecule has 0 amide bonds. The number of phosphoric acid groups is 1. The monoisotopic (exact) mass is 350 g/mol. The van der Waals surface area contributed by atoms with Crippen LogP contribution in [0.1, 0.15) is 79.1 Å². The highest BCUT2D eigenvalue weighted by Gasteiger charge is 2.24. The average Bonchev–Trinajstić information content (AvgIpc) is 2.57. The summed E-state index contributed by atoms with van der Waals surface area (Å²) in [7, 11) is -3.89. The molecule has 2 unspecified atom stereocenters. The lowest BCUT2D eigenvalue weighted by molar-refractivity contribution is 0.110. The second kappa shape index (κ2) is 16.7. The zero-order valence-electron chi connectivity index (χ0n) is 15.8. The minimum absolute atomic E-state index is 0.316. The molecule has 2 atom stereocenters. The molecular weight excluding hydrogens is 311 g/mol. The minimum Gasteiger partial charge on any atom is -0.302 e. The van der Waals surface area contributed by atoms with E-state index in [1.807, 2.05) is 0 Å². The maximum absolute atomic E-state index is 11.9. The molecule has 0 aromatic rings. The van der Waals surface area contributed by atoms with Gasteiger partial charge in [0.2, 0.25) is 0 Å². The number of hydrogen-bond acceptors (Lipinski definition) is 3. The molecule has 1 N–H and O–H groups in total. The summed E-state index contributed by atoms with van der Waals surface area (Å²) in [5.74, 6) is 0.687. The molecule has 0 radical (unpaired) electrons. The highest BCUT2D eigenvalue weighted by molar-refractivity contribution is 7.47. The Morgan fingerprint density at radius 2 is 1.22 bits per heavy atom. The Morgan fingerprint density at radius 3 is 1.48 bits per heavy atom. The average molecular weight is 350 g/mol. The lowest BCUT2D eigenvalue weighted by Gasteiger charge is -2.20. The number of unbranched alkanes of at least 4 members (excludes halogenated alkanes) is 2. The second-order valence-electron chi connectivity index (χ2n) is 5.89. The molecule has 0 aromatic carbocycles. The molecule has 0 spiro atoms. The third-order valence-electron chi connectivity index (χ3n) is 4.03. The van der Waals surface area contributed by atoms with E-state index in [1.165, 1.54) is 0 Å². The predicted molar refractivity (Wildman–Crippen MR) is 99.6 cm³/mol. The Morgan fingerprint density at radius 1 is 0.870 bits per heavy atom. The van der Waals surface area contributed by atoms with Gasteiger partial charge in [0.15, 0.2) is 0 Å². The molecule has 4 nitrogen and oxygen atoms in total. The van der Waals surface area contributed by atoms with Gasteiger partial charge in [-0.25, -0.2) is 4.57 Å². The number of phosphoric ester groups is 1. The van der Waals surface area contributed by atoms with Gasteiger partial charge in [-0.2, -0.15) is 0 Å². The van der Waals surface area contributed by atoms with Crippen LogP contribution in [0.5, 0.6) is 0 Å². The molecular formula is C18H39O4P. The zero-order chi connectivity index (χ0) is 18.1. The Bertz CT molecular complexity index is 273. The summed E-state index contributed by atoms with van der Waals surface area (Å²) in [6.45, 7) is 15.1. The largest absolute Gasteiger partial charge is 0.472 e. The smallest absolute Gasteiger partial charge is 0.302 e. The first-order valence-corrected chi connectivity index (χ1v) is 10.6. The lowest BCUT2D eigenvalue weighted by Crippen LogP contribution is -2.12. The van der Waals surface area contributed by atoms with Gasteiger partial charge in [0.1, 0.15) is 0 Å². The summed E-state index contributed by atoms with van der Waals surface area (Å²) < 4.78 is 22.2. The van der Waals surface area contributed by atoms with Gasteiger partial charge < -0.3 is 4.89 Å². The van der Waals surface area contributed by atoms with Crippen LogP contribution < -0.4 is 0 Å². The summed E-state index contributed by atoms with van der Waals surface area (Å²) in [6.07, 6.45) is 8.56. The van der Waals surface area contributed by atoms with Crippen molar-refractivity contribution in [1.82, 2.24) is 0 Å². The molecule has 0 aliphatic carbocycles. The van der Waals surface area contributed by atoms with E-state index in [2.05, 4.69) is 40.9 Å². The third kappa shape index (κ3) is 15.1. The van der Waals surface area contributed by atoms with Crippen LogP contribution in [0.25, 0.3) is 0 Å². The quantitative estimate of drug-likeness (QED) is 0.293. The third-order valence-corrected chi connectivity index (χ3v) is 4.98. The Labute approximate surface area is 144 Å². The molecule has 23 heavy (non-hydrogen) atoms. The van der Waals surface area contributed by atoms with Crippen LogP contribution >= 0.6 is 7.82 Å². The van der Waals surface area contributed by atoms with Gasteiger partial charge in [-0.1, -0.05) is 66.2 Å². The summed E-state index contributed by atoms with van der Waals surface area (Å²) in [5.41, 5.74) is 0. The van der Waals surface area contributed by atoms with Crippen molar-refractivity contribution >= 4 is 7.82 Å². The van der Waals surface area contributed by atoms with Crippen LogP contribution in [0.15, 0.2) is 13.2 Å². The van der Waals surface area contributed by atoms with E-state index in [1.54, 1.807) is 0 Å². The topological polar surface area (TPSA) is 55.8 Å². The first kappa shape index (κ1) is 25.1. The van der Waals surface area contributed by atoms with Gasteiger partial charge in [-0.3, -0.25) is 9.05 Å². The summed E-state index contributed by atoms with van der Waals surface area (Å²) >= 11 is 0. The van der Waals surface area contributed by atoms with Gasteiger partial charge in [0, 0.05) is 0 Å². The predicted octanol–water partition coefficient (Wildman–Crippen LogP) is 6.36. The summed E-state index contributed by atoms with van der Waals surface area (Å²) in [4.78, 5) is 9.77. The van der Waals surface area contributed by atoms with Crippen LogP contribution in [0.3, 0.4) is 0 Å². The van der Waals surface area contributed by atoms with E-state index in [-0.39, 0.29) is 0 Å². The van der Waals surface area contributed by atoms with Crippen LogP contribution in [-0.4, -0.2) is 18.1 Å². The maximum Gasteiger partial charge on any atom is 0.472 e. The molecule has 0 rings (SSSR count). The molecule has 0 aromatic heterocycles. The van der Waals surface area contributed by atoms with E-state index in [0.717, 1.165) is 51.4 Å². The normalized spacial score (nSPS) is 16.0. The van der Waals surface area contributed by atoms with E-state index in [4.69, 9.17) is 9.05 Å². The Balaban J connectivity index is 0. The second-order valence-corrected chi connectivity index (χ2v) is 7.35. The van der Waals surface area contributed by atoms with E-state index >= 15 is 0 Å². The molecule has 0 saturated carbocycles. The zero-order valence-corrected chi connectivity index (χ0v) is 16.7. The number of rotatable bonds is 14. The summed E-state index contributed by atoms with van der Waals surface area (Å²) in [5, 5.41) is 0. The molecule has 0 heterocycles. The molecule has 0 aliphatic heterocycles. The van der Waals surface area contributed by atoms with Gasteiger partial charge >= 0.3 is 7.82 Å². The fourth-order valence-electron chi connectivity index (χ4n) is 2.23. The van der Waals surface area contributed by atoms with Gasteiger partial charge in [0.05, 0.1) is 13.2 Å². The first-order chi connectivity index (χ1) is 11.0. The standard InChI is InChI=1S/C16H35O4P.C2H4/c1-5-9-11-15(7-3)13-19-21(17,18)20-14-16(8-4)12-10-6-2;1-2/h15-16H,5-14H2,1-4H3,(H,17,18);1-2H2. The van der Waals surface area contributed by atoms with Crippen LogP contribution in [-0.2, 0) is 13.6 Å². The maximum atomic E-state index is 11.9. The molecule has 0 saturated heterocycles. The molecule has 0 fully saturated rings. The van der Waals surface area contributed by atoms with Crippen LogP contribution in [0.4, 0.5) is 0 Å². The fourth-order valence-corrected chi connectivity index (χ4v) is 3.11.